The fourth-order valence-electron chi connectivity index (χ4n) is 13.8. The van der Waals surface area contributed by atoms with Crippen molar-refractivity contribution in [3.8, 4) is 50.7 Å². The average Bonchev–Trinajstić information content (AvgIpc) is 1.69. The van der Waals surface area contributed by atoms with E-state index < -0.39 is 0 Å². The largest absolute Gasteiger partial charge is 0.509 e. The van der Waals surface area contributed by atoms with Gasteiger partial charge in [-0.2, -0.15) is 6.07 Å². The summed E-state index contributed by atoms with van der Waals surface area (Å²) in [5, 5.41) is 4.16. The Bertz CT molecular complexity index is 4500. The van der Waals surface area contributed by atoms with Gasteiger partial charge in [-0.1, -0.05) is 218 Å². The van der Waals surface area contributed by atoms with Crippen molar-refractivity contribution in [3.05, 3.63) is 234 Å². The summed E-state index contributed by atoms with van der Waals surface area (Å²) in [4.78, 5) is 9.89. The van der Waals surface area contributed by atoms with Gasteiger partial charge in [0.25, 0.3) is 0 Å². The van der Waals surface area contributed by atoms with Crippen molar-refractivity contribution in [1.82, 2.24) is 9.55 Å². The molecular formula is C82H81N4O2Pt-3. The van der Waals surface area contributed by atoms with Crippen LogP contribution >= 0.6 is 0 Å². The molecule has 0 fully saturated rings. The third-order valence-electron chi connectivity index (χ3n) is 18.2. The van der Waals surface area contributed by atoms with Gasteiger partial charge < -0.3 is 23.5 Å². The Hall–Kier alpha value is -8.18. The first-order valence-corrected chi connectivity index (χ1v) is 31.8. The molecule has 0 unspecified atom stereocenters. The van der Waals surface area contributed by atoms with Crippen LogP contribution < -0.4 is 14.5 Å². The molecule has 0 N–H and O–H groups in total. The van der Waals surface area contributed by atoms with Crippen LogP contribution in [-0.4, -0.2) is 9.55 Å². The summed E-state index contributed by atoms with van der Waals surface area (Å²) in [5.41, 5.74) is 24.0. The van der Waals surface area contributed by atoms with E-state index in [1.807, 2.05) is 24.4 Å². The van der Waals surface area contributed by atoms with Gasteiger partial charge in [0.05, 0.1) is 0 Å². The summed E-state index contributed by atoms with van der Waals surface area (Å²) in [6.45, 7) is 36.9. The van der Waals surface area contributed by atoms with Gasteiger partial charge in [0, 0.05) is 83.2 Å². The third-order valence-corrected chi connectivity index (χ3v) is 18.2. The Kier molecular flexibility index (Phi) is 16.5. The number of ether oxygens (including phenoxy) is 1. The van der Waals surface area contributed by atoms with Crippen molar-refractivity contribution < 1.29 is 30.2 Å². The molecule has 0 aliphatic carbocycles. The molecule has 6 nitrogen and oxygen atoms in total. The molecule has 0 bridgehead atoms. The van der Waals surface area contributed by atoms with Crippen molar-refractivity contribution in [2.75, 3.05) is 9.80 Å². The number of hydrogen-bond donors (Lipinski definition) is 0. The molecule has 0 saturated carbocycles. The topological polar surface area (TPSA) is 46.7 Å². The van der Waals surface area contributed by atoms with E-state index in [4.69, 9.17) is 14.1 Å². The van der Waals surface area contributed by atoms with Gasteiger partial charge >= 0.3 is 0 Å². The quantitative estimate of drug-likeness (QED) is 0.102. The number of rotatable bonds is 14. The van der Waals surface area contributed by atoms with E-state index in [1.54, 1.807) is 0 Å². The predicted octanol–water partition coefficient (Wildman–Crippen LogP) is 23.9. The molecule has 0 amide bonds. The monoisotopic (exact) mass is 1350 g/mol. The zero-order valence-electron chi connectivity index (χ0n) is 54.2. The SMILES string of the molecule is CC(C)c1cccc(C(C)C)c1-c1cc(Oc2[c-]c3c(cc2)c2c4oc5ccccc5c4ccc2n3-c2cc(C(C)(C)C)ccn2)[c-]c(N2[CH-]N(c3c(-c4c(C(C)C)cccc4C(C)C)cccc3-c3c(C(C)C)cccc3C(C)C)c3ccccc32)c1.[Pt]. The number of hydrogen-bond acceptors (Lipinski definition) is 5. The van der Waals surface area contributed by atoms with Crippen LogP contribution in [0.2, 0.25) is 0 Å². The van der Waals surface area contributed by atoms with E-state index in [0.717, 1.165) is 77.9 Å². The second-order valence-corrected chi connectivity index (χ2v) is 27.1. The summed E-state index contributed by atoms with van der Waals surface area (Å²) in [6.07, 6.45) is 1.92. The van der Waals surface area contributed by atoms with Gasteiger partial charge in [0.15, 0.2) is 0 Å². The van der Waals surface area contributed by atoms with Crippen molar-refractivity contribution in [1.29, 1.82) is 0 Å². The molecule has 0 radical (unpaired) electrons. The molecule has 12 aromatic rings. The fourth-order valence-corrected chi connectivity index (χ4v) is 13.8. The molecule has 9 aromatic carbocycles. The molecule has 1 aliphatic heterocycles. The molecule has 89 heavy (non-hydrogen) atoms. The molecule has 0 atom stereocenters. The van der Waals surface area contributed by atoms with E-state index in [-0.39, 0.29) is 62.0 Å². The van der Waals surface area contributed by atoms with E-state index in [2.05, 4.69) is 289 Å². The van der Waals surface area contributed by atoms with Crippen LogP contribution in [0.3, 0.4) is 0 Å². The number of aromatic nitrogens is 2. The summed E-state index contributed by atoms with van der Waals surface area (Å²) in [5.74, 6) is 3.61. The first kappa shape index (κ1) is 61.1. The first-order chi connectivity index (χ1) is 42.3. The van der Waals surface area contributed by atoms with Gasteiger partial charge in [0.2, 0.25) is 0 Å². The number of para-hydroxylation sites is 4. The average molecular weight is 1350 g/mol. The van der Waals surface area contributed by atoms with Crippen LogP contribution in [0.1, 0.15) is 178 Å². The molecule has 3 aromatic heterocycles. The van der Waals surface area contributed by atoms with Crippen molar-refractivity contribution in [3.63, 3.8) is 0 Å². The number of nitrogens with zero attached hydrogens (tertiary/aromatic N) is 4. The maximum atomic E-state index is 7.32. The van der Waals surface area contributed by atoms with Crippen molar-refractivity contribution >= 4 is 66.5 Å². The third kappa shape index (κ3) is 10.8. The summed E-state index contributed by atoms with van der Waals surface area (Å²) < 4.78 is 16.3. The predicted molar refractivity (Wildman–Crippen MR) is 371 cm³/mol. The van der Waals surface area contributed by atoms with Crippen LogP contribution in [0, 0.1) is 18.8 Å². The summed E-state index contributed by atoms with van der Waals surface area (Å²) in [6, 6.07) is 70.1. The number of fused-ring (bicyclic) bond motifs is 8. The molecule has 7 heteroatoms. The number of benzene rings is 9. The Morgan fingerprint density at radius 2 is 1.00 bits per heavy atom. The number of anilines is 4. The normalized spacial score (nSPS) is 12.9. The fraction of sp³-hybridized carbons (Fsp3) is 0.268. The van der Waals surface area contributed by atoms with E-state index in [1.165, 1.54) is 66.8 Å². The van der Waals surface area contributed by atoms with Crippen molar-refractivity contribution in [2.24, 2.45) is 0 Å². The van der Waals surface area contributed by atoms with Crippen LogP contribution in [0.4, 0.5) is 22.7 Å². The molecule has 13 rings (SSSR count). The van der Waals surface area contributed by atoms with Crippen LogP contribution in [-0.2, 0) is 26.5 Å². The Balaban J connectivity index is 0.00000769. The second-order valence-electron chi connectivity index (χ2n) is 27.1. The Morgan fingerprint density at radius 3 is 1.56 bits per heavy atom. The van der Waals surface area contributed by atoms with E-state index >= 15 is 0 Å². The smallest absolute Gasteiger partial charge is 0.135 e. The second kappa shape index (κ2) is 24.0. The minimum absolute atomic E-state index is 0. The molecule has 454 valence electrons. The van der Waals surface area contributed by atoms with Crippen LogP contribution in [0.15, 0.2) is 180 Å². The summed E-state index contributed by atoms with van der Waals surface area (Å²) >= 11 is 0. The van der Waals surface area contributed by atoms with Gasteiger partial charge in [0.1, 0.15) is 17.0 Å². The van der Waals surface area contributed by atoms with Gasteiger partial charge in [-0.15, -0.1) is 48.3 Å². The molecule has 0 saturated heterocycles. The Labute approximate surface area is 541 Å². The summed E-state index contributed by atoms with van der Waals surface area (Å²) in [7, 11) is 0. The molecule has 4 heterocycles. The minimum Gasteiger partial charge on any atom is -0.509 e. The zero-order chi connectivity index (χ0) is 61.6. The van der Waals surface area contributed by atoms with Gasteiger partial charge in [-0.3, -0.25) is 0 Å². The minimum atomic E-state index is -0.106. The number of furan rings is 1. The maximum absolute atomic E-state index is 7.32. The maximum Gasteiger partial charge on any atom is 0.135 e. The molecular weight excluding hydrogens is 1270 g/mol. The van der Waals surface area contributed by atoms with E-state index in [9.17, 15) is 0 Å². The van der Waals surface area contributed by atoms with E-state index in [0.29, 0.717) is 11.5 Å². The molecule has 1 aliphatic rings. The standard InChI is InChI=1S/C82H81N4O2.Pt/c1-48(2)59-25-20-26-60(49(3)4)76(59)54-42-56(45-58(43-54)87-57-36-37-67-73(46-57)86(75-44-55(40-41-83-75)82(13,14)15)72-39-38-66-65-24-16-19-35-74(65)88-81(66)79(67)72)84-47-85(71-34-18-17-33-70(71)84)80-68(77-61(50(5)6)27-21-28-62(77)51(7)8)31-23-32-69(80)78-63(52(9)10)29-22-30-64(78)53(11)12;/h16-44,47-53H,1-15H3;/q-3;. The van der Waals surface area contributed by atoms with Gasteiger partial charge in [-0.25, -0.2) is 4.98 Å². The van der Waals surface area contributed by atoms with Crippen molar-refractivity contribution in [2.45, 2.75) is 145 Å². The van der Waals surface area contributed by atoms with Crippen LogP contribution in [0.25, 0.3) is 82.9 Å². The molecule has 0 spiro atoms. The van der Waals surface area contributed by atoms with Crippen LogP contribution in [0.5, 0.6) is 11.5 Å². The number of pyridine rings is 1. The Morgan fingerprint density at radius 1 is 0.483 bits per heavy atom. The van der Waals surface area contributed by atoms with Gasteiger partial charge in [-0.05, 0) is 144 Å². The first-order valence-electron chi connectivity index (χ1n) is 31.8. The zero-order valence-corrected chi connectivity index (χ0v) is 56.5.